The Balaban J connectivity index is 2.58. The average Bonchev–Trinajstić information content (AvgIpc) is 2.29. The second-order valence-corrected chi connectivity index (χ2v) is 3.28. The third-order valence-corrected chi connectivity index (χ3v) is 2.17. The highest BCUT2D eigenvalue weighted by Gasteiger charge is 2.20. The Bertz CT molecular complexity index is 395. The molecule has 1 heterocycles. The molecule has 1 aromatic rings. The number of hydrogen-bond donors (Lipinski definition) is 1. The summed E-state index contributed by atoms with van der Waals surface area (Å²) in [4.78, 5) is 11.4. The number of fused-ring (bicyclic) bond motifs is 1. The second-order valence-electron chi connectivity index (χ2n) is 2.87. The lowest BCUT2D eigenvalue weighted by Crippen LogP contribution is -2.24. The predicted octanol–water partition coefficient (Wildman–Crippen LogP) is 1.60. The fourth-order valence-electron chi connectivity index (χ4n) is 1.29. The van der Waals surface area contributed by atoms with Crippen LogP contribution in [0.4, 0.5) is 4.39 Å². The van der Waals surface area contributed by atoms with Crippen molar-refractivity contribution in [1.29, 1.82) is 0 Å². The van der Waals surface area contributed by atoms with Crippen LogP contribution in [0.15, 0.2) is 12.1 Å². The molecular weight excluding hydrogens is 209 g/mol. The van der Waals surface area contributed by atoms with Crippen LogP contribution in [0, 0.1) is 5.82 Å². The maximum absolute atomic E-state index is 12.9. The van der Waals surface area contributed by atoms with Crippen molar-refractivity contribution >= 4 is 17.5 Å². The maximum atomic E-state index is 12.9. The average molecular weight is 216 g/mol. The predicted molar refractivity (Wildman–Crippen MR) is 49.2 cm³/mol. The molecular formula is C9H7ClFNO2. The zero-order valence-corrected chi connectivity index (χ0v) is 7.90. The molecule has 0 radical (unpaired) electrons. The molecule has 0 saturated carbocycles. The van der Waals surface area contributed by atoms with E-state index in [0.29, 0.717) is 13.2 Å². The fourth-order valence-corrected chi connectivity index (χ4v) is 1.55. The molecule has 5 heteroatoms. The van der Waals surface area contributed by atoms with Crippen LogP contribution in [0.5, 0.6) is 5.75 Å². The van der Waals surface area contributed by atoms with E-state index in [2.05, 4.69) is 5.32 Å². The number of nitrogens with one attached hydrogen (secondary N) is 1. The van der Waals surface area contributed by atoms with Crippen molar-refractivity contribution in [2.75, 3.05) is 13.2 Å². The Morgan fingerprint density at radius 1 is 1.50 bits per heavy atom. The van der Waals surface area contributed by atoms with E-state index in [1.165, 1.54) is 0 Å². The van der Waals surface area contributed by atoms with E-state index in [0.717, 1.165) is 12.1 Å². The standard InChI is InChI=1S/C9H7ClFNO2/c10-7-4-5(11)3-6-8(7)14-2-1-12-9(6)13/h3-4H,1-2H2,(H,12,13). The summed E-state index contributed by atoms with van der Waals surface area (Å²) in [6, 6.07) is 2.24. The lowest BCUT2D eigenvalue weighted by atomic mass is 10.2. The number of carbonyl (C=O) groups excluding carboxylic acids is 1. The Labute approximate surface area is 84.8 Å². The lowest BCUT2D eigenvalue weighted by molar-refractivity contribution is 0.0956. The van der Waals surface area contributed by atoms with E-state index < -0.39 is 5.82 Å². The first-order valence-electron chi connectivity index (χ1n) is 4.08. The molecule has 0 bridgehead atoms. The van der Waals surface area contributed by atoms with Gasteiger partial charge in [-0.25, -0.2) is 4.39 Å². The highest BCUT2D eigenvalue weighted by molar-refractivity contribution is 6.32. The molecule has 1 amide bonds. The first kappa shape index (κ1) is 9.27. The minimum Gasteiger partial charge on any atom is -0.489 e. The van der Waals surface area contributed by atoms with E-state index in [4.69, 9.17) is 16.3 Å². The van der Waals surface area contributed by atoms with Crippen molar-refractivity contribution < 1.29 is 13.9 Å². The van der Waals surface area contributed by atoms with Crippen molar-refractivity contribution in [2.24, 2.45) is 0 Å². The van der Waals surface area contributed by atoms with Gasteiger partial charge in [0.2, 0.25) is 0 Å². The number of carbonyl (C=O) groups is 1. The molecule has 0 saturated heterocycles. The van der Waals surface area contributed by atoms with Crippen LogP contribution in [0.25, 0.3) is 0 Å². The molecule has 1 aliphatic rings. The second kappa shape index (κ2) is 3.46. The summed E-state index contributed by atoms with van der Waals surface area (Å²) in [5.74, 6) is -0.656. The number of ether oxygens (including phenoxy) is 1. The molecule has 14 heavy (non-hydrogen) atoms. The van der Waals surface area contributed by atoms with Gasteiger partial charge in [0.25, 0.3) is 5.91 Å². The van der Waals surface area contributed by atoms with Crippen LogP contribution in [0.1, 0.15) is 10.4 Å². The third-order valence-electron chi connectivity index (χ3n) is 1.89. The van der Waals surface area contributed by atoms with Crippen LogP contribution in [0.3, 0.4) is 0 Å². The summed E-state index contributed by atoms with van der Waals surface area (Å²) in [5, 5.41) is 2.69. The molecule has 2 rings (SSSR count). The van der Waals surface area contributed by atoms with E-state index in [-0.39, 0.29) is 22.2 Å². The van der Waals surface area contributed by atoms with Gasteiger partial charge in [-0.15, -0.1) is 0 Å². The summed E-state index contributed by atoms with van der Waals surface area (Å²) < 4.78 is 18.2. The Morgan fingerprint density at radius 2 is 2.29 bits per heavy atom. The highest BCUT2D eigenvalue weighted by Crippen LogP contribution is 2.30. The first-order chi connectivity index (χ1) is 6.68. The molecule has 1 aliphatic heterocycles. The van der Waals surface area contributed by atoms with Gasteiger partial charge in [0.1, 0.15) is 12.4 Å². The number of rotatable bonds is 0. The van der Waals surface area contributed by atoms with Gasteiger partial charge in [-0.1, -0.05) is 11.6 Å². The van der Waals surface area contributed by atoms with Crippen molar-refractivity contribution in [3.05, 3.63) is 28.5 Å². The molecule has 1 aromatic carbocycles. The molecule has 74 valence electrons. The van der Waals surface area contributed by atoms with Gasteiger partial charge >= 0.3 is 0 Å². The van der Waals surface area contributed by atoms with Crippen LogP contribution < -0.4 is 10.1 Å². The fraction of sp³-hybridized carbons (Fsp3) is 0.222. The maximum Gasteiger partial charge on any atom is 0.255 e. The normalized spacial score (nSPS) is 15.1. The van der Waals surface area contributed by atoms with E-state index in [1.54, 1.807) is 0 Å². The molecule has 0 fully saturated rings. The topological polar surface area (TPSA) is 38.3 Å². The number of hydrogen-bond acceptors (Lipinski definition) is 2. The van der Waals surface area contributed by atoms with E-state index >= 15 is 0 Å². The van der Waals surface area contributed by atoms with Gasteiger partial charge in [0.15, 0.2) is 5.75 Å². The van der Waals surface area contributed by atoms with E-state index in [9.17, 15) is 9.18 Å². The quantitative estimate of drug-likeness (QED) is 0.714. The van der Waals surface area contributed by atoms with Crippen LogP contribution >= 0.6 is 11.6 Å². The van der Waals surface area contributed by atoms with Crippen LogP contribution in [-0.4, -0.2) is 19.1 Å². The summed E-state index contributed by atoms with van der Waals surface area (Å²) in [7, 11) is 0. The van der Waals surface area contributed by atoms with Crippen LogP contribution in [0.2, 0.25) is 5.02 Å². The highest BCUT2D eigenvalue weighted by atomic mass is 35.5. The lowest BCUT2D eigenvalue weighted by Gasteiger charge is -2.06. The monoisotopic (exact) mass is 215 g/mol. The molecule has 0 unspecified atom stereocenters. The Morgan fingerprint density at radius 3 is 3.07 bits per heavy atom. The van der Waals surface area contributed by atoms with Gasteiger partial charge in [0.05, 0.1) is 17.1 Å². The molecule has 0 aromatic heterocycles. The number of amides is 1. The number of halogens is 2. The van der Waals surface area contributed by atoms with Gasteiger partial charge in [-0.3, -0.25) is 4.79 Å². The third kappa shape index (κ3) is 1.53. The minimum absolute atomic E-state index is 0.122. The van der Waals surface area contributed by atoms with E-state index in [1.807, 2.05) is 0 Å². The molecule has 1 N–H and O–H groups in total. The van der Waals surface area contributed by atoms with Gasteiger partial charge in [0, 0.05) is 0 Å². The smallest absolute Gasteiger partial charge is 0.255 e. The number of benzene rings is 1. The molecule has 0 aliphatic carbocycles. The zero-order valence-electron chi connectivity index (χ0n) is 7.14. The van der Waals surface area contributed by atoms with Gasteiger partial charge < -0.3 is 10.1 Å². The Hall–Kier alpha value is -1.29. The van der Waals surface area contributed by atoms with Crippen molar-refractivity contribution in [3.8, 4) is 5.75 Å². The largest absolute Gasteiger partial charge is 0.489 e. The van der Waals surface area contributed by atoms with Crippen molar-refractivity contribution in [2.45, 2.75) is 0 Å². The minimum atomic E-state index is -0.547. The SMILES string of the molecule is O=C1NCCOc2c(Cl)cc(F)cc21. The summed E-state index contributed by atoms with van der Waals surface area (Å²) in [5.41, 5.74) is 0.146. The van der Waals surface area contributed by atoms with Crippen molar-refractivity contribution in [1.82, 2.24) is 5.32 Å². The summed E-state index contributed by atoms with van der Waals surface area (Å²) in [6.07, 6.45) is 0. The zero-order chi connectivity index (χ0) is 10.1. The Kier molecular flexibility index (Phi) is 2.29. The first-order valence-corrected chi connectivity index (χ1v) is 4.46. The summed E-state index contributed by atoms with van der Waals surface area (Å²) in [6.45, 7) is 0.732. The van der Waals surface area contributed by atoms with Crippen molar-refractivity contribution in [3.63, 3.8) is 0 Å². The summed E-state index contributed by atoms with van der Waals surface area (Å²) >= 11 is 5.74. The van der Waals surface area contributed by atoms with Gasteiger partial charge in [-0.05, 0) is 12.1 Å². The molecule has 0 spiro atoms. The van der Waals surface area contributed by atoms with Crippen LogP contribution in [-0.2, 0) is 0 Å². The molecule has 0 atom stereocenters. The van der Waals surface area contributed by atoms with Gasteiger partial charge in [-0.2, -0.15) is 0 Å². The molecule has 3 nitrogen and oxygen atoms in total.